The first-order valence-electron chi connectivity index (χ1n) is 6.45. The highest BCUT2D eigenvalue weighted by Gasteiger charge is 2.08. The summed E-state index contributed by atoms with van der Waals surface area (Å²) in [7, 11) is 0. The van der Waals surface area contributed by atoms with Crippen LogP contribution in [0.15, 0.2) is 48.5 Å². The van der Waals surface area contributed by atoms with Crippen LogP contribution in [-0.2, 0) is 4.79 Å². The normalized spacial score (nSPS) is 10.0. The van der Waals surface area contributed by atoms with Crippen molar-refractivity contribution in [3.63, 3.8) is 0 Å². The summed E-state index contributed by atoms with van der Waals surface area (Å²) in [4.78, 5) is 23.5. The van der Waals surface area contributed by atoms with E-state index in [4.69, 9.17) is 0 Å². The van der Waals surface area contributed by atoms with E-state index >= 15 is 0 Å². The van der Waals surface area contributed by atoms with Gasteiger partial charge >= 0.3 is 0 Å². The first-order valence-corrected chi connectivity index (χ1v) is 6.45. The fraction of sp³-hybridized carbons (Fsp3) is 0.125. The molecule has 21 heavy (non-hydrogen) atoms. The van der Waals surface area contributed by atoms with Gasteiger partial charge in [0.1, 0.15) is 5.82 Å². The van der Waals surface area contributed by atoms with Crippen LogP contribution in [0.25, 0.3) is 0 Å². The molecule has 0 fully saturated rings. The van der Waals surface area contributed by atoms with Gasteiger partial charge in [0.25, 0.3) is 5.91 Å². The number of benzene rings is 2. The van der Waals surface area contributed by atoms with Crippen molar-refractivity contribution in [1.82, 2.24) is 5.32 Å². The topological polar surface area (TPSA) is 58.2 Å². The molecule has 0 radical (unpaired) electrons. The van der Waals surface area contributed by atoms with Gasteiger partial charge in [-0.15, -0.1) is 0 Å². The molecule has 2 aromatic carbocycles. The summed E-state index contributed by atoms with van der Waals surface area (Å²) in [6, 6.07) is 12.9. The molecule has 0 atom stereocenters. The van der Waals surface area contributed by atoms with Gasteiger partial charge in [-0.3, -0.25) is 9.59 Å². The molecule has 2 rings (SSSR count). The number of hydrogen-bond acceptors (Lipinski definition) is 2. The van der Waals surface area contributed by atoms with Gasteiger partial charge in [-0.25, -0.2) is 4.39 Å². The summed E-state index contributed by atoms with van der Waals surface area (Å²) in [6.07, 6.45) is 0. The van der Waals surface area contributed by atoms with Crippen molar-refractivity contribution in [3.05, 3.63) is 65.5 Å². The molecular weight excluding hydrogens is 271 g/mol. The Morgan fingerprint density at radius 1 is 1.10 bits per heavy atom. The van der Waals surface area contributed by atoms with E-state index in [2.05, 4.69) is 10.6 Å². The molecule has 0 aliphatic rings. The van der Waals surface area contributed by atoms with Gasteiger partial charge in [-0.05, 0) is 42.8 Å². The van der Waals surface area contributed by atoms with Crippen LogP contribution in [0.2, 0.25) is 0 Å². The lowest BCUT2D eigenvalue weighted by Gasteiger charge is -2.08. The van der Waals surface area contributed by atoms with Gasteiger partial charge in [0.05, 0.1) is 6.54 Å². The van der Waals surface area contributed by atoms with Crippen molar-refractivity contribution in [1.29, 1.82) is 0 Å². The monoisotopic (exact) mass is 286 g/mol. The quantitative estimate of drug-likeness (QED) is 0.907. The molecule has 0 spiro atoms. The number of rotatable bonds is 4. The molecule has 0 aliphatic heterocycles. The van der Waals surface area contributed by atoms with Crippen LogP contribution in [0.4, 0.5) is 10.1 Å². The van der Waals surface area contributed by atoms with E-state index in [1.54, 1.807) is 37.3 Å². The molecule has 0 heterocycles. The third-order valence-electron chi connectivity index (χ3n) is 2.89. The van der Waals surface area contributed by atoms with Gasteiger partial charge in [0.2, 0.25) is 5.91 Å². The number of carbonyl (C=O) groups excluding carboxylic acids is 2. The number of aryl methyl sites for hydroxylation is 1. The summed E-state index contributed by atoms with van der Waals surface area (Å²) < 4.78 is 13.1. The summed E-state index contributed by atoms with van der Waals surface area (Å²) in [5.41, 5.74) is 1.43. The third-order valence-corrected chi connectivity index (χ3v) is 2.89. The lowest BCUT2D eigenvalue weighted by Crippen LogP contribution is -2.32. The number of carbonyl (C=O) groups is 2. The second-order valence-corrected chi connectivity index (χ2v) is 4.56. The molecule has 0 saturated heterocycles. The molecular formula is C16H15FN2O2. The molecule has 4 nitrogen and oxygen atoms in total. The Labute approximate surface area is 122 Å². The molecule has 2 N–H and O–H groups in total. The molecule has 0 saturated carbocycles. The van der Waals surface area contributed by atoms with Crippen LogP contribution in [0, 0.1) is 12.7 Å². The standard InChI is InChI=1S/C16H15FN2O2/c1-11-9-13(7-8-14(11)17)19-15(20)10-18-16(21)12-5-3-2-4-6-12/h2-9H,10H2,1H3,(H,18,21)(H,19,20). The highest BCUT2D eigenvalue weighted by atomic mass is 19.1. The predicted molar refractivity (Wildman–Crippen MR) is 78.5 cm³/mol. The van der Waals surface area contributed by atoms with Gasteiger partial charge in [-0.1, -0.05) is 18.2 Å². The Bertz CT molecular complexity index is 657. The van der Waals surface area contributed by atoms with E-state index in [0.29, 0.717) is 16.8 Å². The Balaban J connectivity index is 1.87. The van der Waals surface area contributed by atoms with E-state index in [-0.39, 0.29) is 24.2 Å². The van der Waals surface area contributed by atoms with Crippen molar-refractivity contribution in [2.75, 3.05) is 11.9 Å². The maximum absolute atomic E-state index is 13.1. The maximum Gasteiger partial charge on any atom is 0.251 e. The maximum atomic E-state index is 13.1. The van der Waals surface area contributed by atoms with Gasteiger partial charge in [-0.2, -0.15) is 0 Å². The lowest BCUT2D eigenvalue weighted by molar-refractivity contribution is -0.115. The fourth-order valence-corrected chi connectivity index (χ4v) is 1.78. The minimum absolute atomic E-state index is 0.149. The highest BCUT2D eigenvalue weighted by molar-refractivity contribution is 5.99. The molecule has 108 valence electrons. The van der Waals surface area contributed by atoms with Crippen LogP contribution in [0.3, 0.4) is 0 Å². The Kier molecular flexibility index (Phi) is 4.66. The molecule has 0 aliphatic carbocycles. The SMILES string of the molecule is Cc1cc(NC(=O)CNC(=O)c2ccccc2)ccc1F. The zero-order valence-electron chi connectivity index (χ0n) is 11.5. The molecule has 5 heteroatoms. The average Bonchev–Trinajstić information content (AvgIpc) is 2.49. The summed E-state index contributed by atoms with van der Waals surface area (Å²) in [5, 5.41) is 5.12. The van der Waals surface area contributed by atoms with Crippen LogP contribution < -0.4 is 10.6 Å². The molecule has 2 amide bonds. The molecule has 0 bridgehead atoms. The second kappa shape index (κ2) is 6.65. The number of anilines is 1. The molecule has 0 aromatic heterocycles. The van der Waals surface area contributed by atoms with Crippen LogP contribution in [-0.4, -0.2) is 18.4 Å². The second-order valence-electron chi connectivity index (χ2n) is 4.56. The van der Waals surface area contributed by atoms with Gasteiger partial charge in [0.15, 0.2) is 0 Å². The third kappa shape index (κ3) is 4.14. The van der Waals surface area contributed by atoms with Gasteiger partial charge in [0, 0.05) is 11.3 Å². The van der Waals surface area contributed by atoms with Crippen molar-refractivity contribution in [2.45, 2.75) is 6.92 Å². The molecule has 0 unspecified atom stereocenters. The van der Waals surface area contributed by atoms with Crippen LogP contribution in [0.5, 0.6) is 0 Å². The summed E-state index contributed by atoms with van der Waals surface area (Å²) in [6.45, 7) is 1.46. The zero-order valence-corrected chi connectivity index (χ0v) is 11.5. The van der Waals surface area contributed by atoms with E-state index in [9.17, 15) is 14.0 Å². The van der Waals surface area contributed by atoms with Crippen molar-refractivity contribution >= 4 is 17.5 Å². The van der Waals surface area contributed by atoms with E-state index in [0.717, 1.165) is 0 Å². The summed E-state index contributed by atoms with van der Waals surface area (Å²) >= 11 is 0. The Morgan fingerprint density at radius 3 is 2.48 bits per heavy atom. The Morgan fingerprint density at radius 2 is 1.81 bits per heavy atom. The minimum Gasteiger partial charge on any atom is -0.343 e. The van der Waals surface area contributed by atoms with E-state index < -0.39 is 0 Å². The zero-order chi connectivity index (χ0) is 15.2. The van der Waals surface area contributed by atoms with Gasteiger partial charge < -0.3 is 10.6 Å². The van der Waals surface area contributed by atoms with Crippen molar-refractivity contribution in [2.24, 2.45) is 0 Å². The van der Waals surface area contributed by atoms with Crippen molar-refractivity contribution in [3.8, 4) is 0 Å². The van der Waals surface area contributed by atoms with Crippen molar-refractivity contribution < 1.29 is 14.0 Å². The fourth-order valence-electron chi connectivity index (χ4n) is 1.78. The first-order chi connectivity index (χ1) is 10.1. The largest absolute Gasteiger partial charge is 0.343 e. The van der Waals surface area contributed by atoms with E-state index in [1.807, 2.05) is 0 Å². The molecule has 2 aromatic rings. The number of hydrogen-bond donors (Lipinski definition) is 2. The van der Waals surface area contributed by atoms with E-state index in [1.165, 1.54) is 18.2 Å². The smallest absolute Gasteiger partial charge is 0.251 e. The van der Waals surface area contributed by atoms with Crippen LogP contribution >= 0.6 is 0 Å². The predicted octanol–water partition coefficient (Wildman–Crippen LogP) is 2.50. The lowest BCUT2D eigenvalue weighted by atomic mass is 10.2. The first kappa shape index (κ1) is 14.7. The van der Waals surface area contributed by atoms with Crippen LogP contribution in [0.1, 0.15) is 15.9 Å². The Hall–Kier alpha value is -2.69. The number of amides is 2. The average molecular weight is 286 g/mol. The minimum atomic E-state index is -0.370. The summed E-state index contributed by atoms with van der Waals surface area (Å²) in [5.74, 6) is -1.02. The number of halogens is 1. The highest BCUT2D eigenvalue weighted by Crippen LogP contribution is 2.13. The number of nitrogens with one attached hydrogen (secondary N) is 2.